The summed E-state index contributed by atoms with van der Waals surface area (Å²) < 4.78 is 14.5. The molecule has 35 heavy (non-hydrogen) atoms. The first-order valence-electron chi connectivity index (χ1n) is 11.7. The van der Waals surface area contributed by atoms with Crippen LogP contribution in [0.4, 0.5) is 4.39 Å². The Morgan fingerprint density at radius 2 is 1.71 bits per heavy atom. The molecule has 0 atom stereocenters. The zero-order chi connectivity index (χ0) is 23.8. The molecule has 0 unspecified atom stereocenters. The predicted molar refractivity (Wildman–Crippen MR) is 139 cm³/mol. The maximum Gasteiger partial charge on any atom is 0.131 e. The third kappa shape index (κ3) is 3.88. The van der Waals surface area contributed by atoms with Crippen LogP contribution in [0, 0.1) is 5.82 Å². The van der Waals surface area contributed by atoms with E-state index in [1.807, 2.05) is 12.1 Å². The second kappa shape index (κ2) is 8.81. The molecule has 0 aliphatic heterocycles. The van der Waals surface area contributed by atoms with Crippen molar-refractivity contribution in [3.8, 4) is 33.6 Å². The fourth-order valence-corrected chi connectivity index (χ4v) is 4.60. The summed E-state index contributed by atoms with van der Waals surface area (Å²) in [5, 5.41) is 13.1. The van der Waals surface area contributed by atoms with E-state index in [1.54, 1.807) is 24.5 Å². The van der Waals surface area contributed by atoms with Gasteiger partial charge in [-0.1, -0.05) is 49.4 Å². The monoisotopic (exact) mass is 461 g/mol. The molecule has 6 heteroatoms. The lowest BCUT2D eigenvalue weighted by atomic mass is 10.0. The molecule has 3 aromatic carbocycles. The highest BCUT2D eigenvalue weighted by molar-refractivity contribution is 6.01. The third-order valence-electron chi connectivity index (χ3n) is 6.37. The Hall–Kier alpha value is -4.29. The number of hydrogen-bond donors (Lipinski definition) is 3. The number of H-pyrrole nitrogens is 2. The van der Waals surface area contributed by atoms with Crippen molar-refractivity contribution >= 4 is 21.8 Å². The second-order valence-corrected chi connectivity index (χ2v) is 8.62. The number of nitrogens with one attached hydrogen (secondary N) is 3. The van der Waals surface area contributed by atoms with Crippen LogP contribution < -0.4 is 5.32 Å². The number of hydrogen-bond acceptors (Lipinski definition) is 3. The fourth-order valence-electron chi connectivity index (χ4n) is 4.60. The van der Waals surface area contributed by atoms with Gasteiger partial charge in [-0.15, -0.1) is 0 Å². The van der Waals surface area contributed by atoms with Crippen LogP contribution in [-0.2, 0) is 6.54 Å². The highest BCUT2D eigenvalue weighted by Crippen LogP contribution is 2.35. The molecule has 3 heterocycles. The van der Waals surface area contributed by atoms with Gasteiger partial charge in [0.05, 0.1) is 22.9 Å². The Balaban J connectivity index is 1.45. The van der Waals surface area contributed by atoms with E-state index in [0.717, 1.165) is 63.0 Å². The number of aromatic nitrogens is 4. The zero-order valence-corrected chi connectivity index (χ0v) is 19.3. The summed E-state index contributed by atoms with van der Waals surface area (Å²) in [4.78, 5) is 7.77. The molecule has 0 aliphatic rings. The summed E-state index contributed by atoms with van der Waals surface area (Å²) in [6.45, 7) is 3.89. The summed E-state index contributed by atoms with van der Waals surface area (Å²) in [5.74, 6) is -0.268. The van der Waals surface area contributed by atoms with Gasteiger partial charge < -0.3 is 10.3 Å². The highest BCUT2D eigenvalue weighted by Gasteiger charge is 2.16. The summed E-state index contributed by atoms with van der Waals surface area (Å²) in [5.41, 5.74) is 8.30. The normalized spacial score (nSPS) is 11.5. The average molecular weight is 462 g/mol. The minimum absolute atomic E-state index is 0.268. The van der Waals surface area contributed by atoms with E-state index in [-0.39, 0.29) is 5.82 Å². The molecule has 0 spiro atoms. The van der Waals surface area contributed by atoms with Gasteiger partial charge in [0.1, 0.15) is 11.5 Å². The Kier molecular flexibility index (Phi) is 5.35. The van der Waals surface area contributed by atoms with Crippen LogP contribution in [0.3, 0.4) is 0 Å². The first-order chi connectivity index (χ1) is 17.2. The number of halogens is 1. The van der Waals surface area contributed by atoms with Crippen LogP contribution in [0.2, 0.25) is 0 Å². The van der Waals surface area contributed by atoms with Crippen LogP contribution in [0.25, 0.3) is 55.4 Å². The van der Waals surface area contributed by atoms with Gasteiger partial charge in [0.25, 0.3) is 0 Å². The molecule has 3 N–H and O–H groups in total. The largest absolute Gasteiger partial charge is 0.352 e. The van der Waals surface area contributed by atoms with Crippen molar-refractivity contribution < 1.29 is 4.39 Å². The number of nitrogens with zero attached hydrogens (tertiary/aromatic N) is 2. The molecular formula is C29H24FN5. The van der Waals surface area contributed by atoms with Crippen molar-refractivity contribution in [2.45, 2.75) is 13.5 Å². The van der Waals surface area contributed by atoms with E-state index in [4.69, 9.17) is 0 Å². The highest BCUT2D eigenvalue weighted by atomic mass is 19.1. The minimum atomic E-state index is -0.268. The fraction of sp³-hybridized carbons (Fsp3) is 0.103. The summed E-state index contributed by atoms with van der Waals surface area (Å²) in [7, 11) is 0. The lowest BCUT2D eigenvalue weighted by Crippen LogP contribution is -2.11. The van der Waals surface area contributed by atoms with Gasteiger partial charge in [-0.3, -0.25) is 10.1 Å². The van der Waals surface area contributed by atoms with Crippen molar-refractivity contribution in [2.24, 2.45) is 0 Å². The number of pyridine rings is 1. The molecule has 0 radical (unpaired) electrons. The van der Waals surface area contributed by atoms with E-state index < -0.39 is 0 Å². The SMILES string of the molecule is CCNCc1cccc(-c2ccc3[nH]nc(-c4cc5c(-c6ccccc6F)cncc5[nH]4)c3c2)c1. The van der Waals surface area contributed by atoms with E-state index in [1.165, 1.54) is 11.6 Å². The first kappa shape index (κ1) is 21.3. The van der Waals surface area contributed by atoms with Crippen molar-refractivity contribution in [3.63, 3.8) is 0 Å². The van der Waals surface area contributed by atoms with Gasteiger partial charge in [0.2, 0.25) is 0 Å². The Bertz CT molecular complexity index is 1660. The van der Waals surface area contributed by atoms with Gasteiger partial charge in [0.15, 0.2) is 0 Å². The maximum atomic E-state index is 14.5. The summed E-state index contributed by atoms with van der Waals surface area (Å²) in [6.07, 6.45) is 3.47. The van der Waals surface area contributed by atoms with Crippen LogP contribution in [0.1, 0.15) is 12.5 Å². The van der Waals surface area contributed by atoms with Crippen molar-refractivity contribution in [3.05, 3.63) is 96.6 Å². The summed E-state index contributed by atoms with van der Waals surface area (Å²) >= 11 is 0. The molecular weight excluding hydrogens is 437 g/mol. The van der Waals surface area contributed by atoms with Crippen LogP contribution in [0.5, 0.6) is 0 Å². The Morgan fingerprint density at radius 1 is 0.829 bits per heavy atom. The zero-order valence-electron chi connectivity index (χ0n) is 19.3. The van der Waals surface area contributed by atoms with Gasteiger partial charge in [-0.05, 0) is 53.6 Å². The van der Waals surface area contributed by atoms with Crippen molar-refractivity contribution in [1.29, 1.82) is 0 Å². The second-order valence-electron chi connectivity index (χ2n) is 8.62. The molecule has 0 saturated carbocycles. The molecule has 5 nitrogen and oxygen atoms in total. The number of rotatable bonds is 6. The van der Waals surface area contributed by atoms with Crippen LogP contribution in [0.15, 0.2) is 85.2 Å². The molecule has 6 aromatic rings. The van der Waals surface area contributed by atoms with Crippen molar-refractivity contribution in [2.75, 3.05) is 6.54 Å². The van der Waals surface area contributed by atoms with Crippen LogP contribution in [-0.4, -0.2) is 26.7 Å². The van der Waals surface area contributed by atoms with Gasteiger partial charge in [-0.2, -0.15) is 5.10 Å². The van der Waals surface area contributed by atoms with E-state index in [9.17, 15) is 4.39 Å². The van der Waals surface area contributed by atoms with E-state index in [2.05, 4.69) is 74.9 Å². The van der Waals surface area contributed by atoms with Crippen LogP contribution >= 0.6 is 0 Å². The minimum Gasteiger partial charge on any atom is -0.352 e. The average Bonchev–Trinajstić information content (AvgIpc) is 3.51. The molecule has 3 aromatic heterocycles. The Morgan fingerprint density at radius 3 is 2.60 bits per heavy atom. The smallest absolute Gasteiger partial charge is 0.131 e. The standard InChI is InChI=1S/C29H24FN5/c1-2-31-15-18-6-5-7-19(12-18)20-10-11-26-23(13-20)29(35-34-26)27-14-22-24(16-32-17-28(22)33-27)21-8-3-4-9-25(21)30/h3-14,16-17,31,33H,2,15H2,1H3,(H,34,35). The maximum absolute atomic E-state index is 14.5. The summed E-state index contributed by atoms with van der Waals surface area (Å²) in [6, 6.07) is 23.7. The lowest BCUT2D eigenvalue weighted by molar-refractivity contribution is 0.631. The predicted octanol–water partition coefficient (Wildman–Crippen LogP) is 6.69. The molecule has 0 saturated heterocycles. The number of aromatic amines is 2. The van der Waals surface area contributed by atoms with Crippen molar-refractivity contribution in [1.82, 2.24) is 25.5 Å². The molecule has 172 valence electrons. The quantitative estimate of drug-likeness (QED) is 0.259. The lowest BCUT2D eigenvalue weighted by Gasteiger charge is -2.07. The molecule has 0 amide bonds. The number of benzene rings is 3. The van der Waals surface area contributed by atoms with Gasteiger partial charge in [0, 0.05) is 34.6 Å². The van der Waals surface area contributed by atoms with E-state index in [0.29, 0.717) is 5.56 Å². The first-order valence-corrected chi connectivity index (χ1v) is 11.7. The van der Waals surface area contributed by atoms with Gasteiger partial charge >= 0.3 is 0 Å². The van der Waals surface area contributed by atoms with Gasteiger partial charge in [-0.25, -0.2) is 4.39 Å². The molecule has 6 rings (SSSR count). The number of fused-ring (bicyclic) bond motifs is 2. The topological polar surface area (TPSA) is 69.4 Å². The molecule has 0 fully saturated rings. The third-order valence-corrected chi connectivity index (χ3v) is 6.37. The van der Waals surface area contributed by atoms with E-state index >= 15 is 0 Å². The molecule has 0 aliphatic carbocycles. The Labute approximate surface area is 202 Å². The molecule has 0 bridgehead atoms.